The summed E-state index contributed by atoms with van der Waals surface area (Å²) in [5.74, 6) is 1.48. The molecule has 2 rings (SSSR count). The maximum Gasteiger partial charge on any atom is 0.223 e. The second kappa shape index (κ2) is 6.39. The lowest BCUT2D eigenvalue weighted by molar-refractivity contribution is -0.126. The average molecular weight is 238 g/mol. The zero-order valence-electron chi connectivity index (χ0n) is 11.0. The largest absolute Gasteiger partial charge is 0.356 e. The molecule has 0 heterocycles. The predicted molar refractivity (Wildman–Crippen MR) is 69.8 cm³/mol. The van der Waals surface area contributed by atoms with Gasteiger partial charge in [0.25, 0.3) is 0 Å². The van der Waals surface area contributed by atoms with Gasteiger partial charge in [0.1, 0.15) is 0 Å². The maximum atomic E-state index is 11.9. The lowest BCUT2D eigenvalue weighted by atomic mass is 9.83. The molecule has 3 nitrogen and oxygen atoms in total. The number of carbonyl (C=O) groups excluding carboxylic acids is 1. The van der Waals surface area contributed by atoms with E-state index in [2.05, 4.69) is 10.6 Å². The van der Waals surface area contributed by atoms with Gasteiger partial charge in [0.15, 0.2) is 0 Å². The van der Waals surface area contributed by atoms with Crippen LogP contribution in [0.4, 0.5) is 0 Å². The van der Waals surface area contributed by atoms with Gasteiger partial charge in [-0.2, -0.15) is 0 Å². The highest BCUT2D eigenvalue weighted by molar-refractivity contribution is 5.78. The summed E-state index contributed by atoms with van der Waals surface area (Å²) in [6.07, 6.45) is 9.76. The van der Waals surface area contributed by atoms with E-state index in [0.717, 1.165) is 38.1 Å². The van der Waals surface area contributed by atoms with Crippen LogP contribution in [0.15, 0.2) is 0 Å². The van der Waals surface area contributed by atoms with Crippen molar-refractivity contribution < 1.29 is 4.79 Å². The van der Waals surface area contributed by atoms with E-state index in [1.54, 1.807) is 0 Å². The van der Waals surface area contributed by atoms with Gasteiger partial charge in [0.2, 0.25) is 5.91 Å². The van der Waals surface area contributed by atoms with E-state index in [0.29, 0.717) is 11.9 Å². The number of amides is 1. The van der Waals surface area contributed by atoms with Crippen LogP contribution in [0.3, 0.4) is 0 Å². The van der Waals surface area contributed by atoms with Gasteiger partial charge in [0.05, 0.1) is 0 Å². The Kier molecular flexibility index (Phi) is 4.84. The fraction of sp³-hybridized carbons (Fsp3) is 0.929. The van der Waals surface area contributed by atoms with Crippen LogP contribution in [-0.4, -0.2) is 25.5 Å². The van der Waals surface area contributed by atoms with E-state index in [9.17, 15) is 4.79 Å². The molecule has 0 unspecified atom stereocenters. The Morgan fingerprint density at radius 1 is 1.12 bits per heavy atom. The summed E-state index contributed by atoms with van der Waals surface area (Å²) >= 11 is 0. The van der Waals surface area contributed by atoms with Crippen molar-refractivity contribution in [3.8, 4) is 0 Å². The summed E-state index contributed by atoms with van der Waals surface area (Å²) in [5.41, 5.74) is 0. The van der Waals surface area contributed by atoms with Gasteiger partial charge < -0.3 is 10.6 Å². The van der Waals surface area contributed by atoms with Gasteiger partial charge in [-0.15, -0.1) is 0 Å². The molecule has 2 aliphatic rings. The molecule has 2 saturated carbocycles. The highest BCUT2D eigenvalue weighted by atomic mass is 16.1. The van der Waals surface area contributed by atoms with Gasteiger partial charge in [0, 0.05) is 18.5 Å². The van der Waals surface area contributed by atoms with E-state index in [4.69, 9.17) is 0 Å². The molecule has 17 heavy (non-hydrogen) atoms. The Morgan fingerprint density at radius 2 is 1.82 bits per heavy atom. The minimum absolute atomic E-state index is 0.279. The highest BCUT2D eigenvalue weighted by Crippen LogP contribution is 2.29. The van der Waals surface area contributed by atoms with Crippen LogP contribution < -0.4 is 10.6 Å². The Labute approximate surface area is 105 Å². The van der Waals surface area contributed by atoms with Crippen molar-refractivity contribution in [1.29, 1.82) is 0 Å². The number of hydrogen-bond donors (Lipinski definition) is 2. The molecule has 0 atom stereocenters. The minimum atomic E-state index is 0.279. The lowest BCUT2D eigenvalue weighted by Gasteiger charge is -2.28. The van der Waals surface area contributed by atoms with E-state index < -0.39 is 0 Å². The van der Waals surface area contributed by atoms with Crippen molar-refractivity contribution >= 4 is 5.91 Å². The van der Waals surface area contributed by atoms with Crippen molar-refractivity contribution in [2.24, 2.45) is 11.8 Å². The number of nitrogens with one attached hydrogen (secondary N) is 2. The Morgan fingerprint density at radius 3 is 2.35 bits per heavy atom. The standard InChI is InChI=1S/C14H26N2O/c1-15-13-7-5-12(6-8-13)14(17)16-10-9-11-3-2-4-11/h11-13,15H,2-10H2,1H3,(H,16,17). The molecule has 0 aliphatic heterocycles. The van der Waals surface area contributed by atoms with Crippen molar-refractivity contribution in [3.05, 3.63) is 0 Å². The van der Waals surface area contributed by atoms with Crippen LogP contribution in [0.1, 0.15) is 51.4 Å². The number of carbonyl (C=O) groups is 1. The van der Waals surface area contributed by atoms with Crippen molar-refractivity contribution in [3.63, 3.8) is 0 Å². The molecular weight excluding hydrogens is 212 g/mol. The van der Waals surface area contributed by atoms with E-state index >= 15 is 0 Å². The SMILES string of the molecule is CNC1CCC(C(=O)NCCC2CCC2)CC1. The van der Waals surface area contributed by atoms with Gasteiger partial charge in [-0.3, -0.25) is 4.79 Å². The second-order valence-corrected chi connectivity index (χ2v) is 5.71. The summed E-state index contributed by atoms with van der Waals surface area (Å²) in [6.45, 7) is 0.898. The minimum Gasteiger partial charge on any atom is -0.356 e. The zero-order chi connectivity index (χ0) is 12.1. The molecule has 3 heteroatoms. The first-order valence-electron chi connectivity index (χ1n) is 7.24. The summed E-state index contributed by atoms with van der Waals surface area (Å²) in [5, 5.41) is 6.43. The number of hydrogen-bond acceptors (Lipinski definition) is 2. The van der Waals surface area contributed by atoms with Crippen molar-refractivity contribution in [2.75, 3.05) is 13.6 Å². The summed E-state index contributed by atoms with van der Waals surface area (Å²) in [6, 6.07) is 0.633. The molecule has 2 fully saturated rings. The Bertz CT molecular complexity index is 243. The third-order valence-electron chi connectivity index (χ3n) is 4.58. The van der Waals surface area contributed by atoms with Crippen LogP contribution in [0.25, 0.3) is 0 Å². The molecule has 0 aromatic heterocycles. The maximum absolute atomic E-state index is 11.9. The Balaban J connectivity index is 1.59. The molecule has 0 spiro atoms. The third kappa shape index (κ3) is 3.70. The fourth-order valence-electron chi connectivity index (χ4n) is 2.97. The van der Waals surface area contributed by atoms with Gasteiger partial charge in [-0.25, -0.2) is 0 Å². The van der Waals surface area contributed by atoms with Gasteiger partial charge in [-0.1, -0.05) is 19.3 Å². The van der Waals surface area contributed by atoms with Gasteiger partial charge >= 0.3 is 0 Å². The fourth-order valence-corrected chi connectivity index (χ4v) is 2.97. The molecule has 0 saturated heterocycles. The average Bonchev–Trinajstić information content (AvgIpc) is 2.32. The molecule has 98 valence electrons. The Hall–Kier alpha value is -0.570. The molecule has 2 N–H and O–H groups in total. The van der Waals surface area contributed by atoms with Crippen molar-refractivity contribution in [2.45, 2.75) is 57.4 Å². The molecular formula is C14H26N2O. The van der Waals surface area contributed by atoms with Crippen LogP contribution >= 0.6 is 0 Å². The van der Waals surface area contributed by atoms with Crippen LogP contribution in [0.2, 0.25) is 0 Å². The molecule has 0 bridgehead atoms. The van der Waals surface area contributed by atoms with Crippen LogP contribution in [0.5, 0.6) is 0 Å². The normalized spacial score (nSPS) is 29.7. The first-order chi connectivity index (χ1) is 8.29. The van der Waals surface area contributed by atoms with E-state index in [-0.39, 0.29) is 5.92 Å². The molecule has 1 amide bonds. The topological polar surface area (TPSA) is 41.1 Å². The summed E-state index contributed by atoms with van der Waals surface area (Å²) < 4.78 is 0. The predicted octanol–water partition coefficient (Wildman–Crippen LogP) is 2.07. The first-order valence-corrected chi connectivity index (χ1v) is 7.24. The van der Waals surface area contributed by atoms with E-state index in [1.807, 2.05) is 7.05 Å². The first kappa shape index (κ1) is 12.9. The summed E-state index contributed by atoms with van der Waals surface area (Å²) in [7, 11) is 2.02. The highest BCUT2D eigenvalue weighted by Gasteiger charge is 2.25. The second-order valence-electron chi connectivity index (χ2n) is 5.71. The van der Waals surface area contributed by atoms with Gasteiger partial charge in [-0.05, 0) is 45.1 Å². The van der Waals surface area contributed by atoms with E-state index in [1.165, 1.54) is 25.7 Å². The summed E-state index contributed by atoms with van der Waals surface area (Å²) in [4.78, 5) is 11.9. The monoisotopic (exact) mass is 238 g/mol. The quantitative estimate of drug-likeness (QED) is 0.770. The molecule has 0 aromatic rings. The molecule has 0 radical (unpaired) electrons. The van der Waals surface area contributed by atoms with Crippen molar-refractivity contribution in [1.82, 2.24) is 10.6 Å². The van der Waals surface area contributed by atoms with Crippen LogP contribution in [-0.2, 0) is 4.79 Å². The van der Waals surface area contributed by atoms with Crippen LogP contribution in [0, 0.1) is 11.8 Å². The number of rotatable bonds is 5. The lowest BCUT2D eigenvalue weighted by Crippen LogP contribution is -2.38. The zero-order valence-corrected chi connectivity index (χ0v) is 11.0. The molecule has 0 aromatic carbocycles. The smallest absolute Gasteiger partial charge is 0.223 e. The molecule has 2 aliphatic carbocycles. The third-order valence-corrected chi connectivity index (χ3v) is 4.58.